The van der Waals surface area contributed by atoms with Crippen LogP contribution >= 0.6 is 0 Å². The van der Waals surface area contributed by atoms with Crippen molar-refractivity contribution in [2.45, 2.75) is 95.6 Å². The van der Waals surface area contributed by atoms with E-state index in [0.717, 1.165) is 12.0 Å². The second-order valence-corrected chi connectivity index (χ2v) is 7.97. The van der Waals surface area contributed by atoms with Crippen LogP contribution in [0.25, 0.3) is 0 Å². The third kappa shape index (κ3) is 3.64. The Morgan fingerprint density at radius 2 is 1.71 bits per heavy atom. The third-order valence-electron chi connectivity index (χ3n) is 6.57. The van der Waals surface area contributed by atoms with Crippen molar-refractivity contribution in [1.29, 1.82) is 0 Å². The topological polar surface area (TPSA) is 15.3 Å². The molecule has 3 aliphatic rings. The number of unbranched alkanes of at least 4 members (excludes halogenated alkanes) is 1. The average Bonchev–Trinajstić information content (AvgIpc) is 2.56. The van der Waals surface area contributed by atoms with E-state index in [0.29, 0.717) is 5.54 Å². The summed E-state index contributed by atoms with van der Waals surface area (Å²) in [7, 11) is 0. The van der Waals surface area contributed by atoms with Gasteiger partial charge in [0, 0.05) is 24.7 Å². The lowest BCUT2D eigenvalue weighted by atomic mass is 9.75. The Morgan fingerprint density at radius 1 is 1.00 bits per heavy atom. The first kappa shape index (κ1) is 15.8. The fraction of sp³-hybridized carbons (Fsp3) is 1.00. The lowest BCUT2D eigenvalue weighted by molar-refractivity contribution is -0.00489. The summed E-state index contributed by atoms with van der Waals surface area (Å²) in [6.45, 7) is 6.30. The number of piperazine rings is 1. The quantitative estimate of drug-likeness (QED) is 0.829. The molecule has 0 radical (unpaired) electrons. The lowest BCUT2D eigenvalue weighted by Crippen LogP contribution is -2.66. The molecule has 1 spiro atoms. The molecule has 2 nitrogen and oxygen atoms in total. The zero-order chi connectivity index (χ0) is 14.5. The first-order chi connectivity index (χ1) is 10.3. The van der Waals surface area contributed by atoms with Crippen molar-refractivity contribution in [1.82, 2.24) is 10.2 Å². The van der Waals surface area contributed by atoms with Gasteiger partial charge in [0.1, 0.15) is 0 Å². The Morgan fingerprint density at radius 3 is 2.43 bits per heavy atom. The molecule has 3 fully saturated rings. The summed E-state index contributed by atoms with van der Waals surface area (Å²) in [4.78, 5) is 2.94. The van der Waals surface area contributed by atoms with E-state index < -0.39 is 0 Å². The molecule has 0 bridgehead atoms. The van der Waals surface area contributed by atoms with E-state index in [1.807, 2.05) is 0 Å². The predicted octanol–water partition coefficient (Wildman–Crippen LogP) is 4.34. The Hall–Kier alpha value is -0.0800. The molecular weight excluding hydrogens is 256 g/mol. The average molecular weight is 293 g/mol. The molecule has 21 heavy (non-hydrogen) atoms. The fourth-order valence-electron chi connectivity index (χ4n) is 5.16. The van der Waals surface area contributed by atoms with E-state index in [4.69, 9.17) is 0 Å². The normalized spacial score (nSPS) is 31.6. The number of hydrogen-bond acceptors (Lipinski definition) is 2. The van der Waals surface area contributed by atoms with Crippen LogP contribution in [0.4, 0.5) is 0 Å². The van der Waals surface area contributed by atoms with E-state index in [9.17, 15) is 0 Å². The number of rotatable bonds is 4. The van der Waals surface area contributed by atoms with Crippen LogP contribution in [0.3, 0.4) is 0 Å². The van der Waals surface area contributed by atoms with E-state index in [2.05, 4.69) is 17.1 Å². The molecule has 0 amide bonds. The molecule has 0 aromatic rings. The maximum Gasteiger partial charge on any atom is 0.0334 e. The SMILES string of the molecule is CCCCN1CC(C2CCCCC2)NCC12CCCCC2. The highest BCUT2D eigenvalue weighted by molar-refractivity contribution is 5.01. The molecule has 122 valence electrons. The summed E-state index contributed by atoms with van der Waals surface area (Å²) in [6, 6.07) is 0.787. The molecule has 2 heteroatoms. The molecule has 1 atom stereocenters. The van der Waals surface area contributed by atoms with Gasteiger partial charge in [-0.1, -0.05) is 51.9 Å². The molecule has 2 saturated carbocycles. The molecule has 1 N–H and O–H groups in total. The van der Waals surface area contributed by atoms with E-state index in [1.54, 1.807) is 0 Å². The molecule has 1 saturated heterocycles. The molecule has 0 aromatic heterocycles. The summed E-state index contributed by atoms with van der Waals surface area (Å²) in [6.07, 6.45) is 17.4. The molecule has 0 aromatic carbocycles. The monoisotopic (exact) mass is 292 g/mol. The first-order valence-corrected chi connectivity index (χ1v) is 9.82. The summed E-state index contributed by atoms with van der Waals surface area (Å²) < 4.78 is 0. The Kier molecular flexibility index (Phi) is 5.61. The van der Waals surface area contributed by atoms with E-state index >= 15 is 0 Å². The van der Waals surface area contributed by atoms with Crippen LogP contribution in [0, 0.1) is 5.92 Å². The second kappa shape index (κ2) is 7.46. The van der Waals surface area contributed by atoms with Crippen molar-refractivity contribution in [2.75, 3.05) is 19.6 Å². The van der Waals surface area contributed by atoms with Gasteiger partial charge >= 0.3 is 0 Å². The van der Waals surface area contributed by atoms with Gasteiger partial charge < -0.3 is 5.32 Å². The van der Waals surface area contributed by atoms with Crippen LogP contribution in [0.1, 0.15) is 84.0 Å². The second-order valence-electron chi connectivity index (χ2n) is 7.97. The standard InChI is InChI=1S/C19H36N2/c1-2-3-14-21-15-18(17-10-6-4-7-11-17)20-16-19(21)12-8-5-9-13-19/h17-18,20H,2-16H2,1H3. The smallest absolute Gasteiger partial charge is 0.0334 e. The summed E-state index contributed by atoms with van der Waals surface area (Å²) >= 11 is 0. The third-order valence-corrected chi connectivity index (χ3v) is 6.57. The van der Waals surface area contributed by atoms with Crippen molar-refractivity contribution in [2.24, 2.45) is 5.92 Å². The van der Waals surface area contributed by atoms with Gasteiger partial charge in [0.2, 0.25) is 0 Å². The fourth-order valence-corrected chi connectivity index (χ4v) is 5.16. The highest BCUT2D eigenvalue weighted by Crippen LogP contribution is 2.38. The van der Waals surface area contributed by atoms with Crippen molar-refractivity contribution < 1.29 is 0 Å². The molecule has 3 rings (SSSR count). The summed E-state index contributed by atoms with van der Waals surface area (Å²) in [5.74, 6) is 0.962. The van der Waals surface area contributed by atoms with Gasteiger partial charge in [-0.3, -0.25) is 4.90 Å². The van der Waals surface area contributed by atoms with Crippen LogP contribution in [0.15, 0.2) is 0 Å². The van der Waals surface area contributed by atoms with Crippen molar-refractivity contribution >= 4 is 0 Å². The zero-order valence-corrected chi connectivity index (χ0v) is 14.2. The van der Waals surface area contributed by atoms with Gasteiger partial charge in [-0.05, 0) is 44.6 Å². The van der Waals surface area contributed by atoms with Gasteiger partial charge in [-0.25, -0.2) is 0 Å². The minimum Gasteiger partial charge on any atom is -0.311 e. The molecule has 1 aliphatic heterocycles. The van der Waals surface area contributed by atoms with E-state index in [-0.39, 0.29) is 0 Å². The van der Waals surface area contributed by atoms with Gasteiger partial charge in [0.05, 0.1) is 0 Å². The van der Waals surface area contributed by atoms with Gasteiger partial charge in [-0.2, -0.15) is 0 Å². The van der Waals surface area contributed by atoms with Crippen LogP contribution < -0.4 is 5.32 Å². The maximum atomic E-state index is 4.01. The molecular formula is C19H36N2. The van der Waals surface area contributed by atoms with Crippen molar-refractivity contribution in [3.05, 3.63) is 0 Å². The minimum atomic E-state index is 0.526. The molecule has 1 heterocycles. The largest absolute Gasteiger partial charge is 0.311 e. The number of hydrogen-bond donors (Lipinski definition) is 1. The highest BCUT2D eigenvalue weighted by atomic mass is 15.3. The van der Waals surface area contributed by atoms with Crippen LogP contribution in [0.2, 0.25) is 0 Å². The first-order valence-electron chi connectivity index (χ1n) is 9.82. The molecule has 2 aliphatic carbocycles. The maximum absolute atomic E-state index is 4.01. The van der Waals surface area contributed by atoms with Crippen LogP contribution in [0.5, 0.6) is 0 Å². The number of nitrogens with zero attached hydrogens (tertiary/aromatic N) is 1. The Bertz CT molecular complexity index is 303. The summed E-state index contributed by atoms with van der Waals surface area (Å²) in [5.41, 5.74) is 0.526. The Labute approximate surface area is 132 Å². The van der Waals surface area contributed by atoms with E-state index in [1.165, 1.54) is 96.7 Å². The summed E-state index contributed by atoms with van der Waals surface area (Å²) in [5, 5.41) is 4.01. The zero-order valence-electron chi connectivity index (χ0n) is 14.2. The van der Waals surface area contributed by atoms with Crippen molar-refractivity contribution in [3.8, 4) is 0 Å². The molecule has 1 unspecified atom stereocenters. The Balaban J connectivity index is 1.64. The minimum absolute atomic E-state index is 0.526. The van der Waals surface area contributed by atoms with Crippen molar-refractivity contribution in [3.63, 3.8) is 0 Å². The highest BCUT2D eigenvalue weighted by Gasteiger charge is 2.43. The lowest BCUT2D eigenvalue weighted by Gasteiger charge is -2.53. The van der Waals surface area contributed by atoms with Gasteiger partial charge in [0.15, 0.2) is 0 Å². The number of nitrogens with one attached hydrogen (secondary N) is 1. The van der Waals surface area contributed by atoms with Crippen LogP contribution in [-0.4, -0.2) is 36.1 Å². The van der Waals surface area contributed by atoms with Gasteiger partial charge in [-0.15, -0.1) is 0 Å². The van der Waals surface area contributed by atoms with Crippen LogP contribution in [-0.2, 0) is 0 Å². The van der Waals surface area contributed by atoms with Gasteiger partial charge in [0.25, 0.3) is 0 Å². The predicted molar refractivity (Wildman–Crippen MR) is 90.7 cm³/mol.